The Morgan fingerprint density at radius 1 is 1.41 bits per heavy atom. The maximum Gasteiger partial charge on any atom is 0.315 e. The van der Waals surface area contributed by atoms with Gasteiger partial charge in [0.2, 0.25) is 0 Å². The molecule has 0 spiro atoms. The highest BCUT2D eigenvalue weighted by atomic mass is 79.9. The van der Waals surface area contributed by atoms with Crippen molar-refractivity contribution in [1.82, 2.24) is 0 Å². The van der Waals surface area contributed by atoms with Gasteiger partial charge >= 0.3 is 5.97 Å². The SMILES string of the molecule is C\C=C/C=C(Br)\C(=C/CC)C(C)(C)C(=O)OC. The molecule has 0 N–H and O–H groups in total. The smallest absolute Gasteiger partial charge is 0.315 e. The molecule has 0 saturated heterocycles. The molecule has 2 nitrogen and oxygen atoms in total. The van der Waals surface area contributed by atoms with Crippen LogP contribution in [0.2, 0.25) is 0 Å². The molecule has 3 heteroatoms. The van der Waals surface area contributed by atoms with E-state index >= 15 is 0 Å². The summed E-state index contributed by atoms with van der Waals surface area (Å²) in [5.41, 5.74) is 0.298. The highest BCUT2D eigenvalue weighted by Gasteiger charge is 2.33. The van der Waals surface area contributed by atoms with Gasteiger partial charge in [-0.1, -0.05) is 41.1 Å². The molecule has 0 aromatic rings. The summed E-state index contributed by atoms with van der Waals surface area (Å²) < 4.78 is 5.76. The van der Waals surface area contributed by atoms with Crippen molar-refractivity contribution in [3.05, 3.63) is 34.4 Å². The van der Waals surface area contributed by atoms with Crippen LogP contribution in [-0.2, 0) is 9.53 Å². The minimum atomic E-state index is -0.651. The molecule has 0 amide bonds. The Balaban J connectivity index is 5.39. The van der Waals surface area contributed by atoms with Crippen molar-refractivity contribution in [3.63, 3.8) is 0 Å². The molecule has 0 heterocycles. The lowest BCUT2D eigenvalue weighted by Gasteiger charge is -2.25. The summed E-state index contributed by atoms with van der Waals surface area (Å²) in [5, 5.41) is 0. The van der Waals surface area contributed by atoms with Gasteiger partial charge < -0.3 is 4.74 Å². The Kier molecular flexibility index (Phi) is 7.12. The predicted molar refractivity (Wildman–Crippen MR) is 76.0 cm³/mol. The molecular formula is C14H21BrO2. The highest BCUT2D eigenvalue weighted by molar-refractivity contribution is 9.12. The number of carbonyl (C=O) groups is 1. The van der Waals surface area contributed by atoms with Crippen molar-refractivity contribution in [2.45, 2.75) is 34.1 Å². The zero-order valence-electron chi connectivity index (χ0n) is 11.2. The first-order valence-electron chi connectivity index (χ1n) is 5.69. The van der Waals surface area contributed by atoms with Crippen molar-refractivity contribution in [3.8, 4) is 0 Å². The van der Waals surface area contributed by atoms with Crippen LogP contribution < -0.4 is 0 Å². The number of halogens is 1. The number of hydrogen-bond donors (Lipinski definition) is 0. The summed E-state index contributed by atoms with van der Waals surface area (Å²) in [6.45, 7) is 7.73. The van der Waals surface area contributed by atoms with E-state index in [1.165, 1.54) is 7.11 Å². The van der Waals surface area contributed by atoms with Gasteiger partial charge in [-0.2, -0.15) is 0 Å². The second-order valence-electron chi connectivity index (χ2n) is 4.18. The summed E-state index contributed by atoms with van der Waals surface area (Å²) in [6.07, 6.45) is 8.72. The van der Waals surface area contributed by atoms with Crippen LogP contribution in [0.4, 0.5) is 0 Å². The van der Waals surface area contributed by atoms with Gasteiger partial charge in [0.25, 0.3) is 0 Å². The molecule has 0 unspecified atom stereocenters. The minimum Gasteiger partial charge on any atom is -0.468 e. The Labute approximate surface area is 113 Å². The van der Waals surface area contributed by atoms with Crippen LogP contribution in [0.15, 0.2) is 34.4 Å². The van der Waals surface area contributed by atoms with Gasteiger partial charge in [0.05, 0.1) is 12.5 Å². The van der Waals surface area contributed by atoms with Crippen molar-refractivity contribution in [2.24, 2.45) is 5.41 Å². The first-order valence-corrected chi connectivity index (χ1v) is 6.49. The third-order valence-corrected chi connectivity index (χ3v) is 3.16. The van der Waals surface area contributed by atoms with Gasteiger partial charge in [0, 0.05) is 4.48 Å². The fraction of sp³-hybridized carbons (Fsp3) is 0.500. The number of carbonyl (C=O) groups excluding carboxylic acids is 1. The molecule has 0 aliphatic heterocycles. The number of hydrogen-bond acceptors (Lipinski definition) is 2. The molecule has 0 atom stereocenters. The zero-order valence-corrected chi connectivity index (χ0v) is 12.8. The molecular weight excluding hydrogens is 280 g/mol. The Morgan fingerprint density at radius 2 is 2.00 bits per heavy atom. The lowest BCUT2D eigenvalue weighted by molar-refractivity contribution is -0.148. The van der Waals surface area contributed by atoms with E-state index in [0.717, 1.165) is 16.5 Å². The molecule has 0 fully saturated rings. The van der Waals surface area contributed by atoms with Crippen LogP contribution in [0.5, 0.6) is 0 Å². The molecule has 0 aliphatic rings. The monoisotopic (exact) mass is 300 g/mol. The Morgan fingerprint density at radius 3 is 2.41 bits per heavy atom. The van der Waals surface area contributed by atoms with E-state index in [4.69, 9.17) is 4.74 Å². The molecule has 0 aromatic heterocycles. The molecule has 17 heavy (non-hydrogen) atoms. The molecule has 0 radical (unpaired) electrons. The fourth-order valence-corrected chi connectivity index (χ4v) is 2.30. The van der Waals surface area contributed by atoms with Crippen LogP contribution in [0.25, 0.3) is 0 Å². The average molecular weight is 301 g/mol. The predicted octanol–water partition coefficient (Wildman–Crippen LogP) is 4.38. The number of ether oxygens (including phenoxy) is 1. The molecule has 0 saturated carbocycles. The largest absolute Gasteiger partial charge is 0.468 e. The lowest BCUT2D eigenvalue weighted by atomic mass is 9.83. The van der Waals surface area contributed by atoms with E-state index in [9.17, 15) is 4.79 Å². The maximum atomic E-state index is 11.8. The number of esters is 1. The topological polar surface area (TPSA) is 26.3 Å². The zero-order chi connectivity index (χ0) is 13.5. The van der Waals surface area contributed by atoms with Gasteiger partial charge in [0.1, 0.15) is 0 Å². The summed E-state index contributed by atoms with van der Waals surface area (Å²) >= 11 is 3.51. The third-order valence-electron chi connectivity index (χ3n) is 2.47. The van der Waals surface area contributed by atoms with Gasteiger partial charge in [-0.05, 0) is 38.8 Å². The summed E-state index contributed by atoms with van der Waals surface area (Å²) in [6, 6.07) is 0. The Bertz CT molecular complexity index is 349. The number of methoxy groups -OCH3 is 1. The van der Waals surface area contributed by atoms with E-state index in [1.54, 1.807) is 0 Å². The average Bonchev–Trinajstić information content (AvgIpc) is 2.31. The van der Waals surface area contributed by atoms with E-state index in [2.05, 4.69) is 15.9 Å². The summed E-state index contributed by atoms with van der Waals surface area (Å²) in [5.74, 6) is -0.233. The van der Waals surface area contributed by atoms with Crippen LogP contribution in [0.1, 0.15) is 34.1 Å². The minimum absolute atomic E-state index is 0.233. The fourth-order valence-electron chi connectivity index (χ4n) is 1.49. The van der Waals surface area contributed by atoms with Crippen molar-refractivity contribution in [2.75, 3.05) is 7.11 Å². The summed E-state index contributed by atoms with van der Waals surface area (Å²) in [4.78, 5) is 11.8. The lowest BCUT2D eigenvalue weighted by Crippen LogP contribution is -2.28. The van der Waals surface area contributed by atoms with Crippen LogP contribution in [0.3, 0.4) is 0 Å². The van der Waals surface area contributed by atoms with E-state index in [1.807, 2.05) is 52.0 Å². The number of rotatable bonds is 5. The van der Waals surface area contributed by atoms with Crippen LogP contribution in [-0.4, -0.2) is 13.1 Å². The Hall–Kier alpha value is -0.830. The van der Waals surface area contributed by atoms with E-state index in [0.29, 0.717) is 0 Å². The first-order chi connectivity index (χ1) is 7.91. The van der Waals surface area contributed by atoms with E-state index in [-0.39, 0.29) is 5.97 Å². The number of allylic oxidation sites excluding steroid dienone is 5. The van der Waals surface area contributed by atoms with Gasteiger partial charge in [-0.3, -0.25) is 4.79 Å². The molecule has 0 aliphatic carbocycles. The molecule has 0 aromatic carbocycles. The van der Waals surface area contributed by atoms with Gasteiger partial charge in [-0.15, -0.1) is 0 Å². The molecule has 96 valence electrons. The summed E-state index contributed by atoms with van der Waals surface area (Å²) in [7, 11) is 1.41. The van der Waals surface area contributed by atoms with Crippen molar-refractivity contribution in [1.29, 1.82) is 0 Å². The molecule has 0 rings (SSSR count). The van der Waals surface area contributed by atoms with Crippen LogP contribution in [0, 0.1) is 5.41 Å². The third kappa shape index (κ3) is 4.50. The van der Waals surface area contributed by atoms with Crippen molar-refractivity contribution >= 4 is 21.9 Å². The second kappa shape index (κ2) is 7.49. The maximum absolute atomic E-state index is 11.8. The first kappa shape index (κ1) is 16.2. The molecule has 0 bridgehead atoms. The second-order valence-corrected chi connectivity index (χ2v) is 5.04. The van der Waals surface area contributed by atoms with Crippen molar-refractivity contribution < 1.29 is 9.53 Å². The normalized spacial score (nSPS) is 14.2. The highest BCUT2D eigenvalue weighted by Crippen LogP contribution is 2.36. The standard InChI is InChI=1S/C14H21BrO2/c1-6-8-10-12(15)11(9-7-2)14(3,4)13(16)17-5/h6,8-10H,7H2,1-5H3/b8-6-,11-9+,12-10+. The van der Waals surface area contributed by atoms with Gasteiger partial charge in [-0.25, -0.2) is 0 Å². The van der Waals surface area contributed by atoms with Crippen LogP contribution >= 0.6 is 15.9 Å². The quantitative estimate of drug-likeness (QED) is 0.556. The van der Waals surface area contributed by atoms with Gasteiger partial charge in [0.15, 0.2) is 0 Å². The van der Waals surface area contributed by atoms with E-state index < -0.39 is 5.41 Å².